The number of nitrogens with one attached hydrogen (secondary N) is 2. The maximum absolute atomic E-state index is 14.3. The van der Waals surface area contributed by atoms with Crippen molar-refractivity contribution in [3.8, 4) is 17.1 Å². The average molecular weight is 395 g/mol. The Morgan fingerprint density at radius 2 is 1.89 bits per heavy atom. The molecule has 0 aliphatic heterocycles. The van der Waals surface area contributed by atoms with Gasteiger partial charge in [-0.2, -0.15) is 10.1 Å². The number of para-hydroxylation sites is 1. The van der Waals surface area contributed by atoms with E-state index in [-0.39, 0.29) is 17.6 Å². The standard InChI is InChI=1S/C18H14FN7OS/c19-14-9-5-4-8-13(14)16-23-25-18(26(16)12-6-2-1-3-7-12)28-10-15(27)22-17-20-11-21-24-17/h1-9,11H,10H2,(H2,20,21,22,24,27). The van der Waals surface area contributed by atoms with Gasteiger partial charge in [-0.15, -0.1) is 10.2 Å². The molecule has 28 heavy (non-hydrogen) atoms. The number of halogens is 1. The van der Waals surface area contributed by atoms with Crippen LogP contribution >= 0.6 is 11.8 Å². The van der Waals surface area contributed by atoms with Crippen molar-refractivity contribution in [2.75, 3.05) is 11.1 Å². The highest BCUT2D eigenvalue weighted by Gasteiger charge is 2.19. The molecule has 0 bridgehead atoms. The average Bonchev–Trinajstić information content (AvgIpc) is 3.37. The van der Waals surface area contributed by atoms with E-state index in [0.717, 1.165) is 5.69 Å². The second-order valence-corrected chi connectivity index (χ2v) is 6.57. The molecule has 4 aromatic rings. The molecule has 0 saturated carbocycles. The molecule has 2 heterocycles. The van der Waals surface area contributed by atoms with E-state index >= 15 is 0 Å². The Bertz CT molecular complexity index is 1080. The van der Waals surface area contributed by atoms with Crippen molar-refractivity contribution in [3.05, 3.63) is 66.7 Å². The van der Waals surface area contributed by atoms with Crippen LogP contribution in [0.4, 0.5) is 10.3 Å². The normalized spacial score (nSPS) is 10.8. The third-order valence-electron chi connectivity index (χ3n) is 3.77. The van der Waals surface area contributed by atoms with E-state index in [1.807, 2.05) is 30.3 Å². The topological polar surface area (TPSA) is 101 Å². The van der Waals surface area contributed by atoms with Gasteiger partial charge in [0, 0.05) is 5.69 Å². The van der Waals surface area contributed by atoms with Crippen LogP contribution in [0, 0.1) is 5.82 Å². The maximum Gasteiger partial charge on any atom is 0.237 e. The second-order valence-electron chi connectivity index (χ2n) is 5.63. The van der Waals surface area contributed by atoms with Gasteiger partial charge in [0.05, 0.1) is 11.3 Å². The monoisotopic (exact) mass is 395 g/mol. The van der Waals surface area contributed by atoms with Crippen LogP contribution in [0.3, 0.4) is 0 Å². The van der Waals surface area contributed by atoms with E-state index in [0.29, 0.717) is 16.5 Å². The molecule has 0 fully saturated rings. The summed E-state index contributed by atoms with van der Waals surface area (Å²) >= 11 is 1.19. The molecule has 2 N–H and O–H groups in total. The van der Waals surface area contributed by atoms with Crippen LogP contribution in [0.15, 0.2) is 66.1 Å². The highest BCUT2D eigenvalue weighted by molar-refractivity contribution is 7.99. The number of aromatic nitrogens is 6. The smallest absolute Gasteiger partial charge is 0.237 e. The largest absolute Gasteiger partial charge is 0.294 e. The predicted molar refractivity (Wildman–Crippen MR) is 102 cm³/mol. The van der Waals surface area contributed by atoms with Gasteiger partial charge in [-0.05, 0) is 24.3 Å². The van der Waals surface area contributed by atoms with Gasteiger partial charge in [-0.3, -0.25) is 14.7 Å². The third-order valence-corrected chi connectivity index (χ3v) is 4.70. The number of nitrogens with zero attached hydrogens (tertiary/aromatic N) is 5. The molecule has 0 spiro atoms. The number of hydrogen-bond donors (Lipinski definition) is 2. The molecule has 8 nitrogen and oxygen atoms in total. The molecule has 1 amide bonds. The lowest BCUT2D eigenvalue weighted by Crippen LogP contribution is -2.15. The number of rotatable bonds is 6. The van der Waals surface area contributed by atoms with Gasteiger partial charge in [-0.25, -0.2) is 9.49 Å². The number of H-pyrrole nitrogens is 1. The summed E-state index contributed by atoms with van der Waals surface area (Å²) in [7, 11) is 0. The fourth-order valence-electron chi connectivity index (χ4n) is 2.55. The van der Waals surface area contributed by atoms with Crippen LogP contribution in [-0.4, -0.2) is 41.6 Å². The molecule has 0 atom stereocenters. The van der Waals surface area contributed by atoms with Gasteiger partial charge in [0.1, 0.15) is 12.1 Å². The van der Waals surface area contributed by atoms with Crippen LogP contribution in [0.5, 0.6) is 0 Å². The zero-order valence-corrected chi connectivity index (χ0v) is 15.2. The number of thioether (sulfide) groups is 1. The summed E-state index contributed by atoms with van der Waals surface area (Å²) in [5.74, 6) is 0.0243. The summed E-state index contributed by atoms with van der Waals surface area (Å²) in [6.45, 7) is 0. The number of amides is 1. The van der Waals surface area contributed by atoms with Crippen LogP contribution in [0.2, 0.25) is 0 Å². The van der Waals surface area contributed by atoms with E-state index in [1.54, 1.807) is 22.8 Å². The molecule has 10 heteroatoms. The Kier molecular flexibility index (Phi) is 5.11. The quantitative estimate of drug-likeness (QED) is 0.487. The molecule has 0 radical (unpaired) electrons. The van der Waals surface area contributed by atoms with Crippen LogP contribution in [0.25, 0.3) is 17.1 Å². The lowest BCUT2D eigenvalue weighted by Gasteiger charge is -2.10. The van der Waals surface area contributed by atoms with Gasteiger partial charge in [0.25, 0.3) is 0 Å². The number of aromatic amines is 1. The number of carbonyl (C=O) groups is 1. The van der Waals surface area contributed by atoms with Gasteiger partial charge in [0.2, 0.25) is 11.9 Å². The van der Waals surface area contributed by atoms with E-state index < -0.39 is 5.82 Å². The van der Waals surface area contributed by atoms with Gasteiger partial charge >= 0.3 is 0 Å². The molecule has 0 aliphatic carbocycles. The number of hydrogen-bond acceptors (Lipinski definition) is 6. The Morgan fingerprint density at radius 1 is 1.11 bits per heavy atom. The Labute approximate surface area is 163 Å². The summed E-state index contributed by atoms with van der Waals surface area (Å²) in [6, 6.07) is 15.7. The maximum atomic E-state index is 14.3. The zero-order valence-electron chi connectivity index (χ0n) is 14.4. The summed E-state index contributed by atoms with van der Waals surface area (Å²) in [4.78, 5) is 16.0. The minimum absolute atomic E-state index is 0.0724. The van der Waals surface area contributed by atoms with Gasteiger partial charge in [-0.1, -0.05) is 42.1 Å². The van der Waals surface area contributed by atoms with Crippen molar-refractivity contribution in [1.82, 2.24) is 29.9 Å². The van der Waals surface area contributed by atoms with Gasteiger partial charge in [0.15, 0.2) is 11.0 Å². The fraction of sp³-hybridized carbons (Fsp3) is 0.0556. The summed E-state index contributed by atoms with van der Waals surface area (Å²) in [6.07, 6.45) is 1.30. The van der Waals surface area contributed by atoms with Crippen molar-refractivity contribution in [2.45, 2.75) is 5.16 Å². The van der Waals surface area contributed by atoms with Crippen LogP contribution in [-0.2, 0) is 4.79 Å². The zero-order chi connectivity index (χ0) is 19.3. The molecule has 0 aliphatic rings. The molecule has 2 aromatic heterocycles. The number of anilines is 1. The van der Waals surface area contributed by atoms with Crippen molar-refractivity contribution in [2.24, 2.45) is 0 Å². The lowest BCUT2D eigenvalue weighted by molar-refractivity contribution is -0.113. The van der Waals surface area contributed by atoms with E-state index in [2.05, 4.69) is 30.7 Å². The summed E-state index contributed by atoms with van der Waals surface area (Å²) < 4.78 is 16.1. The Morgan fingerprint density at radius 3 is 2.64 bits per heavy atom. The van der Waals surface area contributed by atoms with E-state index in [9.17, 15) is 9.18 Å². The number of benzene rings is 2. The Hall–Kier alpha value is -3.53. The van der Waals surface area contributed by atoms with Crippen LogP contribution < -0.4 is 5.32 Å². The second kappa shape index (κ2) is 8.01. The summed E-state index contributed by atoms with van der Waals surface area (Å²) in [5.41, 5.74) is 1.10. The Balaban J connectivity index is 1.64. The van der Waals surface area contributed by atoms with Crippen molar-refractivity contribution >= 4 is 23.6 Å². The van der Waals surface area contributed by atoms with E-state index in [4.69, 9.17) is 0 Å². The first-order chi connectivity index (χ1) is 13.7. The predicted octanol–water partition coefficient (Wildman–Crippen LogP) is 2.92. The first-order valence-electron chi connectivity index (χ1n) is 8.26. The summed E-state index contributed by atoms with van der Waals surface area (Å²) in [5, 5.41) is 17.6. The molecule has 2 aromatic carbocycles. The molecular weight excluding hydrogens is 381 g/mol. The number of carbonyl (C=O) groups excluding carboxylic acids is 1. The minimum atomic E-state index is -0.397. The molecule has 4 rings (SSSR count). The van der Waals surface area contributed by atoms with Crippen molar-refractivity contribution < 1.29 is 9.18 Å². The first-order valence-corrected chi connectivity index (χ1v) is 9.24. The fourth-order valence-corrected chi connectivity index (χ4v) is 3.31. The lowest BCUT2D eigenvalue weighted by atomic mass is 10.2. The molecule has 0 saturated heterocycles. The van der Waals surface area contributed by atoms with Crippen LogP contribution in [0.1, 0.15) is 0 Å². The first kappa shape index (κ1) is 17.9. The molecule has 140 valence electrons. The minimum Gasteiger partial charge on any atom is -0.294 e. The van der Waals surface area contributed by atoms with Crippen molar-refractivity contribution in [1.29, 1.82) is 0 Å². The van der Waals surface area contributed by atoms with Gasteiger partial charge < -0.3 is 0 Å². The van der Waals surface area contributed by atoms with E-state index in [1.165, 1.54) is 24.2 Å². The SMILES string of the molecule is O=C(CSc1nnc(-c2ccccc2F)n1-c1ccccc1)Nc1ncn[nH]1. The highest BCUT2D eigenvalue weighted by Crippen LogP contribution is 2.29. The highest BCUT2D eigenvalue weighted by atomic mass is 32.2. The molecular formula is C18H14FN7OS. The van der Waals surface area contributed by atoms with Crippen molar-refractivity contribution in [3.63, 3.8) is 0 Å². The molecule has 0 unspecified atom stereocenters. The third kappa shape index (κ3) is 3.76.